The van der Waals surface area contributed by atoms with Crippen LogP contribution in [0.5, 0.6) is 0 Å². The van der Waals surface area contributed by atoms with E-state index in [4.69, 9.17) is 16.9 Å². The van der Waals surface area contributed by atoms with Gasteiger partial charge in [0, 0.05) is 37.7 Å². The zero-order chi connectivity index (χ0) is 14.5. The van der Waals surface area contributed by atoms with Crippen LogP contribution in [0.2, 0.25) is 5.02 Å². The number of halogens is 2. The van der Waals surface area contributed by atoms with Crippen LogP contribution in [-0.4, -0.2) is 42.0 Å². The molecule has 0 N–H and O–H groups in total. The van der Waals surface area contributed by atoms with Crippen molar-refractivity contribution in [2.75, 3.05) is 26.2 Å². The second kappa shape index (κ2) is 7.03. The first-order chi connectivity index (χ1) is 9.63. The van der Waals surface area contributed by atoms with Gasteiger partial charge in [-0.15, -0.1) is 0 Å². The lowest BCUT2D eigenvalue weighted by molar-refractivity contribution is 0.108. The third-order valence-corrected chi connectivity index (χ3v) is 4.15. The Morgan fingerprint density at radius 3 is 2.65 bits per heavy atom. The van der Waals surface area contributed by atoms with E-state index < -0.39 is 0 Å². The summed E-state index contributed by atoms with van der Waals surface area (Å²) in [6, 6.07) is 6.83. The van der Waals surface area contributed by atoms with E-state index in [-0.39, 0.29) is 11.9 Å². The molecule has 1 atom stereocenters. The average Bonchev–Trinajstić information content (AvgIpc) is 2.46. The molecule has 1 heterocycles. The quantitative estimate of drug-likeness (QED) is 0.855. The minimum atomic E-state index is -0.251. The van der Waals surface area contributed by atoms with Crippen LogP contribution < -0.4 is 0 Å². The first-order valence-corrected chi connectivity index (χ1v) is 7.31. The zero-order valence-electron chi connectivity index (χ0n) is 11.6. The van der Waals surface area contributed by atoms with Crippen molar-refractivity contribution in [3.8, 4) is 6.07 Å². The minimum Gasteiger partial charge on any atom is -0.296 e. The van der Waals surface area contributed by atoms with Gasteiger partial charge in [-0.25, -0.2) is 4.39 Å². The largest absolute Gasteiger partial charge is 0.296 e. The van der Waals surface area contributed by atoms with Crippen LogP contribution in [0.15, 0.2) is 18.2 Å². The molecule has 1 fully saturated rings. The maximum Gasteiger partial charge on any atom is 0.123 e. The highest BCUT2D eigenvalue weighted by atomic mass is 35.5. The van der Waals surface area contributed by atoms with Crippen molar-refractivity contribution in [1.82, 2.24) is 9.80 Å². The fraction of sp³-hybridized carbons (Fsp3) is 0.533. The van der Waals surface area contributed by atoms with Crippen LogP contribution >= 0.6 is 11.6 Å². The molecule has 5 heteroatoms. The molecule has 0 aliphatic carbocycles. The molecule has 3 nitrogen and oxygen atoms in total. The normalized spacial score (nSPS) is 18.7. The van der Waals surface area contributed by atoms with Crippen molar-refractivity contribution in [1.29, 1.82) is 5.26 Å². The Kier molecular flexibility index (Phi) is 5.36. The van der Waals surface area contributed by atoms with Crippen molar-refractivity contribution in [3.05, 3.63) is 34.6 Å². The van der Waals surface area contributed by atoms with Crippen molar-refractivity contribution in [2.45, 2.75) is 25.9 Å². The molecule has 0 saturated carbocycles. The highest BCUT2D eigenvalue weighted by Gasteiger charge is 2.22. The van der Waals surface area contributed by atoms with Gasteiger partial charge in [0.15, 0.2) is 0 Å². The molecule has 1 saturated heterocycles. The van der Waals surface area contributed by atoms with Crippen molar-refractivity contribution in [3.63, 3.8) is 0 Å². The maximum absolute atomic E-state index is 13.2. The highest BCUT2D eigenvalue weighted by Crippen LogP contribution is 2.20. The lowest BCUT2D eigenvalue weighted by Gasteiger charge is -2.36. The molecule has 0 amide bonds. The van der Waals surface area contributed by atoms with Crippen molar-refractivity contribution < 1.29 is 4.39 Å². The summed E-state index contributed by atoms with van der Waals surface area (Å²) in [5.41, 5.74) is 0.826. The topological polar surface area (TPSA) is 30.3 Å². The second-order valence-corrected chi connectivity index (χ2v) is 5.51. The predicted molar refractivity (Wildman–Crippen MR) is 78.0 cm³/mol. The zero-order valence-corrected chi connectivity index (χ0v) is 12.4. The number of piperazine rings is 1. The van der Waals surface area contributed by atoms with Gasteiger partial charge in [0.25, 0.3) is 0 Å². The first-order valence-electron chi connectivity index (χ1n) is 6.94. The lowest BCUT2D eigenvalue weighted by atomic mass is 10.1. The first kappa shape index (κ1) is 15.2. The summed E-state index contributed by atoms with van der Waals surface area (Å²) >= 11 is 6.09. The summed E-state index contributed by atoms with van der Waals surface area (Å²) < 4.78 is 13.2. The number of benzene rings is 1. The van der Waals surface area contributed by atoms with Gasteiger partial charge < -0.3 is 0 Å². The molecular weight excluding hydrogens is 277 g/mol. The molecule has 108 valence electrons. The Bertz CT molecular complexity index is 492. The van der Waals surface area contributed by atoms with E-state index in [0.717, 1.165) is 38.2 Å². The smallest absolute Gasteiger partial charge is 0.123 e. The number of rotatable bonds is 4. The van der Waals surface area contributed by atoms with Crippen LogP contribution in [0.3, 0.4) is 0 Å². The summed E-state index contributed by atoms with van der Waals surface area (Å²) in [5, 5.41) is 9.69. The maximum atomic E-state index is 13.2. The van der Waals surface area contributed by atoms with Gasteiger partial charge in [0.1, 0.15) is 5.82 Å². The summed E-state index contributed by atoms with van der Waals surface area (Å²) in [5.74, 6) is -0.251. The molecule has 1 aromatic rings. The van der Waals surface area contributed by atoms with Gasteiger partial charge in [-0.1, -0.05) is 18.5 Å². The molecule has 20 heavy (non-hydrogen) atoms. The van der Waals surface area contributed by atoms with Gasteiger partial charge >= 0.3 is 0 Å². The Hall–Kier alpha value is -1.15. The van der Waals surface area contributed by atoms with E-state index in [9.17, 15) is 4.39 Å². The van der Waals surface area contributed by atoms with Crippen LogP contribution in [0.4, 0.5) is 4.39 Å². The molecule has 0 spiro atoms. The Balaban J connectivity index is 1.92. The molecular formula is C15H19ClFN3. The summed E-state index contributed by atoms with van der Waals surface area (Å²) in [6.45, 7) is 6.20. The van der Waals surface area contributed by atoms with Crippen LogP contribution in [-0.2, 0) is 6.54 Å². The van der Waals surface area contributed by atoms with Crippen molar-refractivity contribution >= 4 is 11.6 Å². The molecule has 0 radical (unpaired) electrons. The molecule has 1 aliphatic rings. The van der Waals surface area contributed by atoms with Crippen LogP contribution in [0.25, 0.3) is 0 Å². The SMILES string of the molecule is CCC(C#N)N1CCN(Cc2cc(F)ccc2Cl)CC1. The molecule has 1 aliphatic heterocycles. The van der Waals surface area contributed by atoms with Gasteiger partial charge in [0.2, 0.25) is 0 Å². The van der Waals surface area contributed by atoms with Crippen molar-refractivity contribution in [2.24, 2.45) is 0 Å². The lowest BCUT2D eigenvalue weighted by Crippen LogP contribution is -2.49. The van der Waals surface area contributed by atoms with E-state index in [1.807, 2.05) is 6.92 Å². The molecule has 1 unspecified atom stereocenters. The van der Waals surface area contributed by atoms with Crippen LogP contribution in [0, 0.1) is 17.1 Å². The number of nitriles is 1. The Morgan fingerprint density at radius 1 is 1.35 bits per heavy atom. The third kappa shape index (κ3) is 3.69. The van der Waals surface area contributed by atoms with E-state index in [1.165, 1.54) is 12.1 Å². The van der Waals surface area contributed by atoms with E-state index in [1.54, 1.807) is 6.07 Å². The Labute approximate surface area is 124 Å². The average molecular weight is 296 g/mol. The van der Waals surface area contributed by atoms with Crippen LogP contribution in [0.1, 0.15) is 18.9 Å². The summed E-state index contributed by atoms with van der Waals surface area (Å²) in [7, 11) is 0. The third-order valence-electron chi connectivity index (χ3n) is 3.79. The fourth-order valence-electron chi connectivity index (χ4n) is 2.57. The van der Waals surface area contributed by atoms with E-state index >= 15 is 0 Å². The van der Waals surface area contributed by atoms with Gasteiger partial charge in [-0.2, -0.15) is 5.26 Å². The van der Waals surface area contributed by atoms with Gasteiger partial charge in [0.05, 0.1) is 12.1 Å². The molecule has 1 aromatic carbocycles. The minimum absolute atomic E-state index is 0.00917. The van der Waals surface area contributed by atoms with Gasteiger partial charge in [-0.05, 0) is 30.2 Å². The number of nitrogens with zero attached hydrogens (tertiary/aromatic N) is 3. The fourth-order valence-corrected chi connectivity index (χ4v) is 2.75. The van der Waals surface area contributed by atoms with E-state index in [2.05, 4.69) is 15.9 Å². The van der Waals surface area contributed by atoms with E-state index in [0.29, 0.717) is 11.6 Å². The molecule has 0 aromatic heterocycles. The Morgan fingerprint density at radius 2 is 2.05 bits per heavy atom. The standard InChI is InChI=1S/C15H19ClFN3/c1-2-14(10-18)20-7-5-19(6-8-20)11-12-9-13(17)3-4-15(12)16/h3-4,9,14H,2,5-8,11H2,1H3. The second-order valence-electron chi connectivity index (χ2n) is 5.10. The molecule has 2 rings (SSSR count). The summed E-state index contributed by atoms with van der Waals surface area (Å²) in [6.07, 6.45) is 0.853. The predicted octanol–water partition coefficient (Wildman–Crippen LogP) is 2.90. The number of hydrogen-bond acceptors (Lipinski definition) is 3. The highest BCUT2D eigenvalue weighted by molar-refractivity contribution is 6.31. The number of hydrogen-bond donors (Lipinski definition) is 0. The monoisotopic (exact) mass is 295 g/mol. The molecule has 0 bridgehead atoms. The van der Waals surface area contributed by atoms with Gasteiger partial charge in [-0.3, -0.25) is 9.80 Å². The summed E-state index contributed by atoms with van der Waals surface area (Å²) in [4.78, 5) is 4.46.